The van der Waals surface area contributed by atoms with E-state index in [1.54, 1.807) is 0 Å². The summed E-state index contributed by atoms with van der Waals surface area (Å²) in [5, 5.41) is 0. The molecule has 0 fully saturated rings. The van der Waals surface area contributed by atoms with Crippen LogP contribution in [0.3, 0.4) is 0 Å². The van der Waals surface area contributed by atoms with Crippen LogP contribution in [0.15, 0.2) is 146 Å². The van der Waals surface area contributed by atoms with Gasteiger partial charge in [-0.15, -0.1) is 0 Å². The first-order valence-corrected chi connectivity index (χ1v) is 18.4. The third kappa shape index (κ3) is 142. The van der Waals surface area contributed by atoms with Crippen LogP contribution in [0.1, 0.15) is 145 Å². The molecule has 4 aromatic rings. The topological polar surface area (TPSA) is 0 Å². The molecular weight excluding hydrogens is 540 g/mol. The summed E-state index contributed by atoms with van der Waals surface area (Å²) >= 11 is 0. The standard InChI is InChI=1S/4C6H6.C3H8.9C2H6/c4*1-2-4-6-5-3-1;1-3-2;9*1-2/h4*1-6H;3H2,1-2H3;9*1-2H3. The first-order chi connectivity index (χ1) is 22.4. The van der Waals surface area contributed by atoms with Gasteiger partial charge in [-0.3, -0.25) is 0 Å². The quantitative estimate of drug-likeness (QED) is 0.182. The monoisotopic (exact) mass is 627 g/mol. The van der Waals surface area contributed by atoms with Gasteiger partial charge in [0.2, 0.25) is 0 Å². The molecule has 0 saturated carbocycles. The summed E-state index contributed by atoms with van der Waals surface area (Å²) in [6.07, 6.45) is 1.25. The zero-order valence-electron chi connectivity index (χ0n) is 34.6. The van der Waals surface area contributed by atoms with Gasteiger partial charge in [-0.25, -0.2) is 0 Å². The molecule has 0 heterocycles. The average molecular weight is 627 g/mol. The molecule has 0 aromatic heterocycles. The van der Waals surface area contributed by atoms with Crippen LogP contribution in [0, 0.1) is 0 Å². The van der Waals surface area contributed by atoms with E-state index >= 15 is 0 Å². The first-order valence-electron chi connectivity index (χ1n) is 18.4. The van der Waals surface area contributed by atoms with Crippen molar-refractivity contribution >= 4 is 0 Å². The van der Waals surface area contributed by atoms with Crippen molar-refractivity contribution in [3.63, 3.8) is 0 Å². The van der Waals surface area contributed by atoms with Crippen LogP contribution < -0.4 is 0 Å². The number of rotatable bonds is 0. The van der Waals surface area contributed by atoms with Gasteiger partial charge in [0.05, 0.1) is 0 Å². The highest BCUT2D eigenvalue weighted by Gasteiger charge is 1.59. The fraction of sp³-hybridized carbons (Fsp3) is 0.467. The van der Waals surface area contributed by atoms with E-state index in [9.17, 15) is 0 Å². The molecule has 0 aliphatic carbocycles. The van der Waals surface area contributed by atoms with Crippen molar-refractivity contribution in [1.29, 1.82) is 0 Å². The van der Waals surface area contributed by atoms with E-state index in [0.717, 1.165) is 0 Å². The van der Waals surface area contributed by atoms with Crippen molar-refractivity contribution in [3.8, 4) is 0 Å². The summed E-state index contributed by atoms with van der Waals surface area (Å²) in [5.74, 6) is 0. The Hall–Kier alpha value is -3.12. The van der Waals surface area contributed by atoms with Gasteiger partial charge < -0.3 is 0 Å². The molecule has 4 rings (SSSR count). The maximum absolute atomic E-state index is 2.12. The summed E-state index contributed by atoms with van der Waals surface area (Å²) in [7, 11) is 0. The van der Waals surface area contributed by atoms with Crippen LogP contribution in [0.2, 0.25) is 0 Å². The van der Waals surface area contributed by atoms with Gasteiger partial charge >= 0.3 is 0 Å². The van der Waals surface area contributed by atoms with Crippen LogP contribution in [0.5, 0.6) is 0 Å². The minimum Gasteiger partial charge on any atom is -0.0683 e. The van der Waals surface area contributed by atoms with Gasteiger partial charge in [0, 0.05) is 0 Å². The van der Waals surface area contributed by atoms with Gasteiger partial charge in [-0.05, 0) is 0 Å². The molecule has 45 heavy (non-hydrogen) atoms. The molecular formula is C45H86. The SMILES string of the molecule is CC.CC.CC.CC.CC.CC.CC.CC.CC.CCC.c1ccccc1.c1ccccc1.c1ccccc1.c1ccccc1. The number of hydrogen-bond acceptors (Lipinski definition) is 0. The lowest BCUT2D eigenvalue weighted by Gasteiger charge is -1.69. The molecule has 0 radical (unpaired) electrons. The highest BCUT2D eigenvalue weighted by molar-refractivity contribution is 5.00. The Morgan fingerprint density at radius 1 is 0.156 bits per heavy atom. The highest BCUT2D eigenvalue weighted by Crippen LogP contribution is 1.81. The molecule has 0 spiro atoms. The van der Waals surface area contributed by atoms with E-state index in [0.29, 0.717) is 0 Å². The summed E-state index contributed by atoms with van der Waals surface area (Å²) in [5.41, 5.74) is 0. The van der Waals surface area contributed by atoms with Crippen molar-refractivity contribution in [2.75, 3.05) is 0 Å². The molecule has 0 nitrogen and oxygen atoms in total. The van der Waals surface area contributed by atoms with Crippen LogP contribution in [0.4, 0.5) is 0 Å². The minimum absolute atomic E-state index is 1.25. The van der Waals surface area contributed by atoms with Crippen LogP contribution in [-0.2, 0) is 0 Å². The molecule has 0 unspecified atom stereocenters. The Morgan fingerprint density at radius 2 is 0.178 bits per heavy atom. The zero-order valence-corrected chi connectivity index (χ0v) is 34.6. The molecule has 266 valence electrons. The number of hydrogen-bond donors (Lipinski definition) is 0. The molecule has 0 saturated heterocycles. The first kappa shape index (κ1) is 68.9. The summed E-state index contributed by atoms with van der Waals surface area (Å²) in [6, 6.07) is 48.0. The van der Waals surface area contributed by atoms with E-state index in [1.807, 2.05) is 270 Å². The average Bonchev–Trinajstić information content (AvgIpc) is 3.22. The van der Waals surface area contributed by atoms with Crippen molar-refractivity contribution in [2.45, 2.75) is 145 Å². The second kappa shape index (κ2) is 136. The third-order valence-electron chi connectivity index (χ3n) is 2.67. The molecule has 0 aliphatic heterocycles. The second-order valence-electron chi connectivity index (χ2n) is 5.33. The van der Waals surface area contributed by atoms with Crippen molar-refractivity contribution in [3.05, 3.63) is 146 Å². The second-order valence-corrected chi connectivity index (χ2v) is 5.33. The highest BCUT2D eigenvalue weighted by atomic mass is 13.7. The fourth-order valence-electron chi connectivity index (χ4n) is 1.54. The lowest BCUT2D eigenvalue weighted by molar-refractivity contribution is 1.09. The Kier molecular flexibility index (Phi) is 208. The van der Waals surface area contributed by atoms with E-state index < -0.39 is 0 Å². The van der Waals surface area contributed by atoms with Gasteiger partial charge in [0.1, 0.15) is 0 Å². The largest absolute Gasteiger partial charge is 0.0683 e. The van der Waals surface area contributed by atoms with Gasteiger partial charge in [-0.1, -0.05) is 290 Å². The molecule has 0 bridgehead atoms. The van der Waals surface area contributed by atoms with Crippen molar-refractivity contribution < 1.29 is 0 Å². The predicted octanol–water partition coefficient (Wildman–Crippen LogP) is 17.4. The Morgan fingerprint density at radius 3 is 0.200 bits per heavy atom. The van der Waals surface area contributed by atoms with Crippen molar-refractivity contribution in [2.24, 2.45) is 0 Å². The fourth-order valence-corrected chi connectivity index (χ4v) is 1.54. The summed E-state index contributed by atoms with van der Waals surface area (Å²) in [4.78, 5) is 0. The van der Waals surface area contributed by atoms with E-state index in [-0.39, 0.29) is 0 Å². The smallest absolute Gasteiger partial charge is 0.0590 e. The zero-order chi connectivity index (χ0) is 37.7. The van der Waals surface area contributed by atoms with Crippen LogP contribution >= 0.6 is 0 Å². The summed E-state index contributed by atoms with van der Waals surface area (Å²) < 4.78 is 0. The van der Waals surface area contributed by atoms with E-state index in [2.05, 4.69) is 13.8 Å². The molecule has 4 aromatic carbocycles. The Labute approximate surface area is 289 Å². The molecule has 0 amide bonds. The maximum Gasteiger partial charge on any atom is -0.0590 e. The molecule has 0 heteroatoms. The minimum atomic E-state index is 1.25. The van der Waals surface area contributed by atoms with Gasteiger partial charge in [0.15, 0.2) is 0 Å². The molecule has 0 aliphatic rings. The van der Waals surface area contributed by atoms with Gasteiger partial charge in [0.25, 0.3) is 0 Å². The third-order valence-corrected chi connectivity index (χ3v) is 2.67. The van der Waals surface area contributed by atoms with Crippen LogP contribution in [-0.4, -0.2) is 0 Å². The van der Waals surface area contributed by atoms with E-state index in [4.69, 9.17) is 0 Å². The molecule has 0 N–H and O–H groups in total. The normalized spacial score (nSPS) is 5.87. The lowest BCUT2D eigenvalue weighted by Crippen LogP contribution is -1.47. The number of benzene rings is 4. The maximum atomic E-state index is 2.12. The lowest BCUT2D eigenvalue weighted by atomic mass is 10.4. The Bertz CT molecular complexity index is 429. The summed E-state index contributed by atoms with van der Waals surface area (Å²) in [6.45, 7) is 40.2. The molecule has 0 atom stereocenters. The van der Waals surface area contributed by atoms with E-state index in [1.165, 1.54) is 6.42 Å². The van der Waals surface area contributed by atoms with Crippen molar-refractivity contribution in [1.82, 2.24) is 0 Å². The predicted molar refractivity (Wildman–Crippen MR) is 224 cm³/mol. The van der Waals surface area contributed by atoms with Gasteiger partial charge in [-0.2, -0.15) is 0 Å². The van der Waals surface area contributed by atoms with Crippen LogP contribution in [0.25, 0.3) is 0 Å². The Balaban J connectivity index is -0.0000000382.